The number of thiazole rings is 1. The van der Waals surface area contributed by atoms with Crippen LogP contribution in [0.15, 0.2) is 35.7 Å². The summed E-state index contributed by atoms with van der Waals surface area (Å²) in [5.41, 5.74) is 2.31. The van der Waals surface area contributed by atoms with Gasteiger partial charge in [0, 0.05) is 17.5 Å². The summed E-state index contributed by atoms with van der Waals surface area (Å²) in [6, 6.07) is 10.6. The Morgan fingerprint density at radius 3 is 2.94 bits per heavy atom. The van der Waals surface area contributed by atoms with Crippen molar-refractivity contribution in [3.63, 3.8) is 0 Å². The van der Waals surface area contributed by atoms with Crippen molar-refractivity contribution in [1.29, 1.82) is 0 Å². The van der Waals surface area contributed by atoms with Crippen LogP contribution in [-0.2, 0) is 4.74 Å². The Morgan fingerprint density at radius 1 is 1.33 bits per heavy atom. The maximum Gasteiger partial charge on any atom is 0.123 e. The monoisotopic (exact) mass is 260 g/mol. The second kappa shape index (κ2) is 5.18. The first-order chi connectivity index (χ1) is 8.84. The lowest BCUT2D eigenvalue weighted by Crippen LogP contribution is -2.36. The van der Waals surface area contributed by atoms with E-state index in [0.29, 0.717) is 6.04 Å². The van der Waals surface area contributed by atoms with Crippen LogP contribution in [0.2, 0.25) is 0 Å². The van der Waals surface area contributed by atoms with Crippen LogP contribution in [0, 0.1) is 0 Å². The van der Waals surface area contributed by atoms with Gasteiger partial charge in [-0.25, -0.2) is 4.98 Å². The molecule has 1 atom stereocenters. The third kappa shape index (κ3) is 2.32. The first-order valence-electron chi connectivity index (χ1n) is 6.13. The predicted octanol–water partition coefficient (Wildman–Crippen LogP) is 2.81. The summed E-state index contributed by atoms with van der Waals surface area (Å²) in [7, 11) is 2.13. The molecule has 1 aliphatic heterocycles. The van der Waals surface area contributed by atoms with Crippen LogP contribution < -0.4 is 0 Å². The topological polar surface area (TPSA) is 25.4 Å². The fourth-order valence-electron chi connectivity index (χ4n) is 2.15. The molecule has 2 aromatic rings. The second-order valence-electron chi connectivity index (χ2n) is 4.51. The molecule has 3 rings (SSSR count). The van der Waals surface area contributed by atoms with Gasteiger partial charge in [0.2, 0.25) is 0 Å². The summed E-state index contributed by atoms with van der Waals surface area (Å²) in [4.78, 5) is 7.06. The Morgan fingerprint density at radius 2 is 2.17 bits per heavy atom. The molecule has 1 fully saturated rings. The zero-order chi connectivity index (χ0) is 12.4. The number of ether oxygens (including phenoxy) is 1. The Kier molecular flexibility index (Phi) is 3.41. The molecule has 18 heavy (non-hydrogen) atoms. The van der Waals surface area contributed by atoms with Crippen LogP contribution >= 0.6 is 11.3 Å². The molecule has 0 spiro atoms. The van der Waals surface area contributed by atoms with E-state index in [1.807, 2.05) is 18.2 Å². The molecule has 0 N–H and O–H groups in total. The van der Waals surface area contributed by atoms with E-state index in [4.69, 9.17) is 9.72 Å². The van der Waals surface area contributed by atoms with Gasteiger partial charge in [0.05, 0.1) is 24.9 Å². The van der Waals surface area contributed by atoms with Crippen molar-refractivity contribution < 1.29 is 4.74 Å². The van der Waals surface area contributed by atoms with Crippen molar-refractivity contribution in [2.45, 2.75) is 6.04 Å². The van der Waals surface area contributed by atoms with Gasteiger partial charge in [-0.1, -0.05) is 30.3 Å². The minimum atomic E-state index is 0.299. The second-order valence-corrected chi connectivity index (χ2v) is 5.37. The van der Waals surface area contributed by atoms with Crippen molar-refractivity contribution in [2.75, 3.05) is 26.8 Å². The predicted molar refractivity (Wildman–Crippen MR) is 73.7 cm³/mol. The quantitative estimate of drug-likeness (QED) is 0.830. The Hall–Kier alpha value is -1.23. The molecule has 3 nitrogen and oxygen atoms in total. The van der Waals surface area contributed by atoms with E-state index in [2.05, 4.69) is 29.5 Å². The molecule has 0 amide bonds. The van der Waals surface area contributed by atoms with E-state index in [0.717, 1.165) is 30.5 Å². The van der Waals surface area contributed by atoms with Crippen LogP contribution in [0.4, 0.5) is 0 Å². The van der Waals surface area contributed by atoms with Gasteiger partial charge in [-0.3, -0.25) is 4.90 Å². The number of morpholine rings is 1. The molecule has 0 bridgehead atoms. The number of rotatable bonds is 2. The molecule has 0 aliphatic carbocycles. The van der Waals surface area contributed by atoms with Gasteiger partial charge in [-0.05, 0) is 7.05 Å². The maximum absolute atomic E-state index is 5.54. The van der Waals surface area contributed by atoms with Crippen LogP contribution in [0.1, 0.15) is 11.7 Å². The molecule has 1 unspecified atom stereocenters. The fourth-order valence-corrected chi connectivity index (χ4v) is 3.02. The molecule has 1 aliphatic rings. The molecular weight excluding hydrogens is 244 g/mol. The zero-order valence-electron chi connectivity index (χ0n) is 10.4. The third-order valence-corrected chi connectivity index (χ3v) is 4.19. The Bertz CT molecular complexity index is 512. The highest BCUT2D eigenvalue weighted by molar-refractivity contribution is 7.13. The molecule has 1 aromatic carbocycles. The van der Waals surface area contributed by atoms with Gasteiger partial charge < -0.3 is 4.74 Å². The zero-order valence-corrected chi connectivity index (χ0v) is 11.2. The third-order valence-electron chi connectivity index (χ3n) is 3.28. The molecule has 0 radical (unpaired) electrons. The number of hydrogen-bond donors (Lipinski definition) is 0. The van der Waals surface area contributed by atoms with Crippen LogP contribution in [0.3, 0.4) is 0 Å². The first kappa shape index (κ1) is 11.8. The number of aromatic nitrogens is 1. The van der Waals surface area contributed by atoms with Crippen molar-refractivity contribution >= 4 is 11.3 Å². The van der Waals surface area contributed by atoms with Gasteiger partial charge in [0.1, 0.15) is 5.01 Å². The van der Waals surface area contributed by atoms with Crippen molar-refractivity contribution in [3.8, 4) is 10.6 Å². The number of hydrogen-bond acceptors (Lipinski definition) is 4. The fraction of sp³-hybridized carbons (Fsp3) is 0.357. The smallest absolute Gasteiger partial charge is 0.123 e. The molecule has 0 saturated carbocycles. The van der Waals surface area contributed by atoms with E-state index < -0.39 is 0 Å². The van der Waals surface area contributed by atoms with Crippen LogP contribution in [0.5, 0.6) is 0 Å². The van der Waals surface area contributed by atoms with E-state index >= 15 is 0 Å². The minimum Gasteiger partial charge on any atom is -0.378 e. The van der Waals surface area contributed by atoms with E-state index in [9.17, 15) is 0 Å². The van der Waals surface area contributed by atoms with Gasteiger partial charge in [-0.15, -0.1) is 11.3 Å². The van der Waals surface area contributed by atoms with Crippen molar-refractivity contribution in [2.24, 2.45) is 0 Å². The number of nitrogens with zero attached hydrogens (tertiary/aromatic N) is 2. The van der Waals surface area contributed by atoms with E-state index in [1.54, 1.807) is 11.3 Å². The normalized spacial score (nSPS) is 21.1. The molecule has 94 valence electrons. The number of likely N-dealkylation sites (N-methyl/N-ethyl adjacent to an activating group) is 1. The average Bonchev–Trinajstić information content (AvgIpc) is 2.90. The summed E-state index contributed by atoms with van der Waals surface area (Å²) in [5, 5.41) is 3.24. The van der Waals surface area contributed by atoms with Crippen LogP contribution in [-0.4, -0.2) is 36.7 Å². The SMILES string of the molecule is CN1CCOCC1c1csc(-c2ccccc2)n1. The molecular formula is C14H16N2OS. The van der Waals surface area contributed by atoms with Crippen LogP contribution in [0.25, 0.3) is 10.6 Å². The average molecular weight is 260 g/mol. The lowest BCUT2D eigenvalue weighted by atomic mass is 10.2. The minimum absolute atomic E-state index is 0.299. The van der Waals surface area contributed by atoms with Gasteiger partial charge in [0.25, 0.3) is 0 Å². The summed E-state index contributed by atoms with van der Waals surface area (Å²) in [5.74, 6) is 0. The molecule has 1 saturated heterocycles. The maximum atomic E-state index is 5.54. The Labute approximate surface area is 111 Å². The van der Waals surface area contributed by atoms with Gasteiger partial charge in [-0.2, -0.15) is 0 Å². The molecule has 2 heterocycles. The summed E-state index contributed by atoms with van der Waals surface area (Å²) in [6.07, 6.45) is 0. The highest BCUT2D eigenvalue weighted by Gasteiger charge is 2.23. The van der Waals surface area contributed by atoms with Crippen molar-refractivity contribution in [3.05, 3.63) is 41.4 Å². The summed E-state index contributed by atoms with van der Waals surface area (Å²) < 4.78 is 5.54. The summed E-state index contributed by atoms with van der Waals surface area (Å²) >= 11 is 1.70. The molecule has 4 heteroatoms. The van der Waals surface area contributed by atoms with E-state index in [-0.39, 0.29) is 0 Å². The lowest BCUT2D eigenvalue weighted by Gasteiger charge is -2.31. The highest BCUT2D eigenvalue weighted by atomic mass is 32.1. The summed E-state index contributed by atoms with van der Waals surface area (Å²) in [6.45, 7) is 2.54. The highest BCUT2D eigenvalue weighted by Crippen LogP contribution is 2.29. The van der Waals surface area contributed by atoms with Gasteiger partial charge in [0.15, 0.2) is 0 Å². The van der Waals surface area contributed by atoms with Gasteiger partial charge >= 0.3 is 0 Å². The number of benzene rings is 1. The largest absolute Gasteiger partial charge is 0.378 e. The lowest BCUT2D eigenvalue weighted by molar-refractivity contribution is 0.00376. The Balaban J connectivity index is 1.85. The van der Waals surface area contributed by atoms with E-state index in [1.165, 1.54) is 5.56 Å². The molecule has 1 aromatic heterocycles. The van der Waals surface area contributed by atoms with Crippen molar-refractivity contribution in [1.82, 2.24) is 9.88 Å². The standard InChI is InChI=1S/C14H16N2OS/c1-16-7-8-17-9-13(16)12-10-18-14(15-12)11-5-3-2-4-6-11/h2-6,10,13H,7-9H2,1H3. The first-order valence-corrected chi connectivity index (χ1v) is 7.01.